The van der Waals surface area contributed by atoms with Crippen LogP contribution in [0.5, 0.6) is 0 Å². The summed E-state index contributed by atoms with van der Waals surface area (Å²) in [5, 5.41) is 3.35. The highest BCUT2D eigenvalue weighted by atomic mass is 19.1. The van der Waals surface area contributed by atoms with Crippen LogP contribution in [0.15, 0.2) is 12.3 Å². The Morgan fingerprint density at radius 3 is 2.79 bits per heavy atom. The maximum atomic E-state index is 14.5. The van der Waals surface area contributed by atoms with Gasteiger partial charge in [-0.3, -0.25) is 0 Å². The molecule has 0 spiro atoms. The third kappa shape index (κ3) is 3.66. The first-order chi connectivity index (χ1) is 9.13. The summed E-state index contributed by atoms with van der Waals surface area (Å²) in [4.78, 5) is 6.28. The largest absolute Gasteiger partial charge is 0.352 e. The van der Waals surface area contributed by atoms with Crippen molar-refractivity contribution in [1.82, 2.24) is 10.3 Å². The van der Waals surface area contributed by atoms with Crippen LogP contribution in [0.3, 0.4) is 0 Å². The van der Waals surface area contributed by atoms with Gasteiger partial charge in [0.1, 0.15) is 0 Å². The first-order valence-corrected chi connectivity index (χ1v) is 7.26. The van der Waals surface area contributed by atoms with Gasteiger partial charge in [0.15, 0.2) is 11.6 Å². The molecule has 0 bridgehead atoms. The van der Waals surface area contributed by atoms with Crippen LogP contribution in [0.1, 0.15) is 45.6 Å². The Hall–Kier alpha value is -1.16. The molecule has 4 heteroatoms. The average molecular weight is 265 g/mol. The molecule has 19 heavy (non-hydrogen) atoms. The number of nitrogens with one attached hydrogen (secondary N) is 1. The van der Waals surface area contributed by atoms with E-state index in [1.54, 1.807) is 12.3 Å². The second-order valence-corrected chi connectivity index (χ2v) is 5.55. The molecule has 3 nitrogen and oxygen atoms in total. The summed E-state index contributed by atoms with van der Waals surface area (Å²) in [6, 6.07) is 2.63. The van der Waals surface area contributed by atoms with Crippen molar-refractivity contribution in [1.29, 1.82) is 0 Å². The van der Waals surface area contributed by atoms with Gasteiger partial charge in [-0.15, -0.1) is 0 Å². The molecule has 1 aliphatic carbocycles. The zero-order valence-electron chi connectivity index (χ0n) is 12.1. The van der Waals surface area contributed by atoms with Gasteiger partial charge in [0.05, 0.1) is 0 Å². The van der Waals surface area contributed by atoms with E-state index in [0.717, 1.165) is 18.5 Å². The summed E-state index contributed by atoms with van der Waals surface area (Å²) < 4.78 is 14.5. The summed E-state index contributed by atoms with van der Waals surface area (Å²) in [6.45, 7) is 7.69. The van der Waals surface area contributed by atoms with Crippen molar-refractivity contribution < 1.29 is 4.39 Å². The molecule has 0 aliphatic heterocycles. The summed E-state index contributed by atoms with van der Waals surface area (Å²) >= 11 is 0. The van der Waals surface area contributed by atoms with Crippen molar-refractivity contribution in [3.63, 3.8) is 0 Å². The minimum absolute atomic E-state index is 0.169. The van der Waals surface area contributed by atoms with Gasteiger partial charge in [-0.05, 0) is 39.2 Å². The van der Waals surface area contributed by atoms with Gasteiger partial charge >= 0.3 is 0 Å². The van der Waals surface area contributed by atoms with Crippen LogP contribution in [0.25, 0.3) is 0 Å². The number of hydrogen-bond donors (Lipinski definition) is 1. The van der Waals surface area contributed by atoms with E-state index in [9.17, 15) is 4.39 Å². The van der Waals surface area contributed by atoms with Crippen LogP contribution in [-0.4, -0.2) is 23.6 Å². The van der Waals surface area contributed by atoms with Crippen LogP contribution in [-0.2, 0) is 6.54 Å². The van der Waals surface area contributed by atoms with Crippen molar-refractivity contribution >= 4 is 5.82 Å². The molecule has 2 rings (SSSR count). The lowest BCUT2D eigenvalue weighted by molar-refractivity contribution is 0.561. The maximum absolute atomic E-state index is 14.5. The van der Waals surface area contributed by atoms with Crippen LogP contribution < -0.4 is 10.2 Å². The SMILES string of the molecule is CCCN(c1nccc(CNC2CC2)c1F)C(C)C. The molecular formula is C15H24FN3. The van der Waals surface area contributed by atoms with Crippen LogP contribution in [0, 0.1) is 5.82 Å². The molecular weight excluding hydrogens is 241 g/mol. The zero-order valence-corrected chi connectivity index (χ0v) is 12.1. The summed E-state index contributed by atoms with van der Waals surface area (Å²) in [5.41, 5.74) is 0.721. The van der Waals surface area contributed by atoms with E-state index < -0.39 is 0 Å². The van der Waals surface area contributed by atoms with E-state index in [0.29, 0.717) is 18.4 Å². The predicted octanol–water partition coefficient (Wildman–Crippen LogP) is 3.10. The molecule has 0 aromatic carbocycles. The molecule has 1 aromatic rings. The van der Waals surface area contributed by atoms with Crippen molar-refractivity contribution in [2.24, 2.45) is 0 Å². The minimum Gasteiger partial charge on any atom is -0.352 e. The Morgan fingerprint density at radius 2 is 2.21 bits per heavy atom. The van der Waals surface area contributed by atoms with Gasteiger partial charge in [-0.1, -0.05) is 6.92 Å². The molecule has 1 fully saturated rings. The molecule has 0 saturated heterocycles. The number of rotatable bonds is 7. The maximum Gasteiger partial charge on any atom is 0.170 e. The van der Waals surface area contributed by atoms with Gasteiger partial charge < -0.3 is 10.2 Å². The van der Waals surface area contributed by atoms with Crippen molar-refractivity contribution in [2.75, 3.05) is 11.4 Å². The third-order valence-electron chi connectivity index (χ3n) is 3.47. The second-order valence-electron chi connectivity index (χ2n) is 5.55. The van der Waals surface area contributed by atoms with Crippen LogP contribution in [0.2, 0.25) is 0 Å². The minimum atomic E-state index is -0.169. The zero-order chi connectivity index (χ0) is 13.8. The van der Waals surface area contributed by atoms with E-state index in [1.165, 1.54) is 12.8 Å². The standard InChI is InChI=1S/C15H24FN3/c1-4-9-19(11(2)3)15-14(16)12(7-8-17-15)10-18-13-5-6-13/h7-8,11,13,18H,4-6,9-10H2,1-3H3. The van der Waals surface area contributed by atoms with Gasteiger partial charge in [-0.25, -0.2) is 9.37 Å². The molecule has 1 heterocycles. The molecule has 0 amide bonds. The molecule has 1 N–H and O–H groups in total. The lowest BCUT2D eigenvalue weighted by Gasteiger charge is -2.28. The fraction of sp³-hybridized carbons (Fsp3) is 0.667. The molecule has 106 valence electrons. The fourth-order valence-electron chi connectivity index (χ4n) is 2.20. The summed E-state index contributed by atoms with van der Waals surface area (Å²) in [5.74, 6) is 0.324. The Kier molecular flexibility index (Phi) is 4.75. The van der Waals surface area contributed by atoms with E-state index in [1.807, 2.05) is 4.90 Å². The lowest BCUT2D eigenvalue weighted by Crippen LogP contribution is -2.33. The van der Waals surface area contributed by atoms with Gasteiger partial charge in [0.2, 0.25) is 0 Å². The van der Waals surface area contributed by atoms with Crippen LogP contribution >= 0.6 is 0 Å². The van der Waals surface area contributed by atoms with Gasteiger partial charge in [-0.2, -0.15) is 0 Å². The van der Waals surface area contributed by atoms with E-state index in [-0.39, 0.29) is 11.9 Å². The Bertz CT molecular complexity index is 416. The predicted molar refractivity (Wildman–Crippen MR) is 76.8 cm³/mol. The van der Waals surface area contributed by atoms with E-state index in [2.05, 4.69) is 31.1 Å². The van der Waals surface area contributed by atoms with Crippen LogP contribution in [0.4, 0.5) is 10.2 Å². The highest BCUT2D eigenvalue weighted by Gasteiger charge is 2.22. The lowest BCUT2D eigenvalue weighted by atomic mass is 10.2. The van der Waals surface area contributed by atoms with Gasteiger partial charge in [0.25, 0.3) is 0 Å². The third-order valence-corrected chi connectivity index (χ3v) is 3.47. The molecule has 0 radical (unpaired) electrons. The number of anilines is 1. The monoisotopic (exact) mass is 265 g/mol. The first-order valence-electron chi connectivity index (χ1n) is 7.26. The molecule has 1 saturated carbocycles. The quantitative estimate of drug-likeness (QED) is 0.821. The first kappa shape index (κ1) is 14.3. The topological polar surface area (TPSA) is 28.2 Å². The number of halogens is 1. The fourth-order valence-corrected chi connectivity index (χ4v) is 2.20. The molecule has 1 aliphatic rings. The van der Waals surface area contributed by atoms with E-state index in [4.69, 9.17) is 0 Å². The highest BCUT2D eigenvalue weighted by Crippen LogP contribution is 2.23. The van der Waals surface area contributed by atoms with Crippen molar-refractivity contribution in [3.8, 4) is 0 Å². The number of hydrogen-bond acceptors (Lipinski definition) is 3. The number of pyridine rings is 1. The molecule has 1 aromatic heterocycles. The number of aromatic nitrogens is 1. The second kappa shape index (κ2) is 6.33. The Morgan fingerprint density at radius 1 is 1.47 bits per heavy atom. The van der Waals surface area contributed by atoms with E-state index >= 15 is 0 Å². The summed E-state index contributed by atoms with van der Waals surface area (Å²) in [7, 11) is 0. The normalized spacial score (nSPS) is 15.0. The Labute approximate surface area is 115 Å². The van der Waals surface area contributed by atoms with Crippen molar-refractivity contribution in [3.05, 3.63) is 23.6 Å². The molecule has 0 atom stereocenters. The number of nitrogens with zero attached hydrogens (tertiary/aromatic N) is 2. The molecule has 0 unspecified atom stereocenters. The van der Waals surface area contributed by atoms with Crippen molar-refractivity contribution in [2.45, 2.75) is 58.7 Å². The smallest absolute Gasteiger partial charge is 0.170 e. The average Bonchev–Trinajstić information content (AvgIpc) is 3.19. The summed E-state index contributed by atoms with van der Waals surface area (Å²) in [6.07, 6.45) is 5.14. The Balaban J connectivity index is 2.15. The highest BCUT2D eigenvalue weighted by molar-refractivity contribution is 5.44. The van der Waals surface area contributed by atoms with Gasteiger partial charge in [0, 0.05) is 36.9 Å².